The first-order valence-corrected chi connectivity index (χ1v) is 8.44. The van der Waals surface area contributed by atoms with E-state index < -0.39 is 0 Å². The monoisotopic (exact) mass is 325 g/mol. The first-order chi connectivity index (χ1) is 11.1. The summed E-state index contributed by atoms with van der Waals surface area (Å²) in [5.41, 5.74) is 2.35. The van der Waals surface area contributed by atoms with Crippen LogP contribution in [0.5, 0.6) is 0 Å². The van der Waals surface area contributed by atoms with Crippen LogP contribution < -0.4 is 5.32 Å². The maximum Gasteiger partial charge on any atom is 0.238 e. The Balaban J connectivity index is 1.87. The number of amides is 1. The number of carbonyl (C=O) groups is 1. The zero-order chi connectivity index (χ0) is 16.7. The number of thioether (sulfide) groups is 1. The minimum Gasteiger partial charge on any atom is -0.325 e. The smallest absolute Gasteiger partial charge is 0.238 e. The molecule has 0 aliphatic heterocycles. The molecule has 0 bridgehead atoms. The van der Waals surface area contributed by atoms with Crippen LogP contribution in [0.1, 0.15) is 11.1 Å². The summed E-state index contributed by atoms with van der Waals surface area (Å²) in [5.74, 6) is -0.0941. The third kappa shape index (κ3) is 5.44. The van der Waals surface area contributed by atoms with E-state index in [9.17, 15) is 4.79 Å². The largest absolute Gasteiger partial charge is 0.325 e. The van der Waals surface area contributed by atoms with Crippen molar-refractivity contribution in [3.05, 3.63) is 59.7 Å². The van der Waals surface area contributed by atoms with E-state index in [0.717, 1.165) is 0 Å². The van der Waals surface area contributed by atoms with Gasteiger partial charge in [-0.25, -0.2) is 0 Å². The van der Waals surface area contributed by atoms with Gasteiger partial charge in [-0.3, -0.25) is 9.69 Å². The molecule has 0 aliphatic rings. The number of nitriles is 1. The maximum atomic E-state index is 12.1. The number of hydrogen-bond donors (Lipinski definition) is 1. The minimum absolute atomic E-state index is 0.0941. The molecule has 0 saturated carbocycles. The number of rotatable bonds is 6. The number of benzene rings is 2. The van der Waals surface area contributed by atoms with Crippen molar-refractivity contribution in [1.82, 2.24) is 4.90 Å². The third-order valence-corrected chi connectivity index (χ3v) is 4.04. The second kappa shape index (κ2) is 8.37. The van der Waals surface area contributed by atoms with Gasteiger partial charge in [-0.1, -0.05) is 18.2 Å². The highest BCUT2D eigenvalue weighted by molar-refractivity contribution is 7.98. The van der Waals surface area contributed by atoms with Crippen molar-refractivity contribution in [3.8, 4) is 6.07 Å². The molecule has 0 fully saturated rings. The lowest BCUT2D eigenvalue weighted by molar-refractivity contribution is -0.117. The fourth-order valence-corrected chi connectivity index (χ4v) is 2.62. The molecular weight excluding hydrogens is 306 g/mol. The summed E-state index contributed by atoms with van der Waals surface area (Å²) in [6.45, 7) is 1.00. The fraction of sp³-hybridized carbons (Fsp3) is 0.222. The predicted octanol–water partition coefficient (Wildman–Crippen LogP) is 3.35. The van der Waals surface area contributed by atoms with Crippen LogP contribution in [0.2, 0.25) is 0 Å². The summed E-state index contributed by atoms with van der Waals surface area (Å²) in [5, 5.41) is 11.7. The molecule has 0 aromatic heterocycles. The fourth-order valence-electron chi connectivity index (χ4n) is 2.21. The lowest BCUT2D eigenvalue weighted by Crippen LogP contribution is -2.29. The van der Waals surface area contributed by atoms with Crippen molar-refractivity contribution in [3.63, 3.8) is 0 Å². The van der Waals surface area contributed by atoms with Gasteiger partial charge in [0.1, 0.15) is 0 Å². The molecule has 23 heavy (non-hydrogen) atoms. The van der Waals surface area contributed by atoms with Gasteiger partial charge >= 0.3 is 0 Å². The van der Waals surface area contributed by atoms with Crippen molar-refractivity contribution >= 4 is 23.4 Å². The van der Waals surface area contributed by atoms with Crippen molar-refractivity contribution < 1.29 is 4.79 Å². The van der Waals surface area contributed by atoms with E-state index in [1.165, 1.54) is 10.5 Å². The van der Waals surface area contributed by atoms with Crippen LogP contribution in [0.3, 0.4) is 0 Å². The van der Waals surface area contributed by atoms with Crippen LogP contribution in [0.15, 0.2) is 53.4 Å². The van der Waals surface area contributed by atoms with Crippen LogP contribution in [0.4, 0.5) is 5.69 Å². The Morgan fingerprint density at radius 2 is 2.00 bits per heavy atom. The summed E-state index contributed by atoms with van der Waals surface area (Å²) in [6, 6.07) is 17.3. The topological polar surface area (TPSA) is 56.1 Å². The van der Waals surface area contributed by atoms with Crippen LogP contribution >= 0.6 is 11.8 Å². The van der Waals surface area contributed by atoms with Crippen LogP contribution in [0.25, 0.3) is 0 Å². The van der Waals surface area contributed by atoms with E-state index >= 15 is 0 Å². The number of hydrogen-bond acceptors (Lipinski definition) is 4. The minimum atomic E-state index is -0.0941. The van der Waals surface area contributed by atoms with E-state index in [-0.39, 0.29) is 5.91 Å². The van der Waals surface area contributed by atoms with Crippen molar-refractivity contribution in [2.24, 2.45) is 0 Å². The molecule has 118 valence electrons. The zero-order valence-corrected chi connectivity index (χ0v) is 14.1. The van der Waals surface area contributed by atoms with E-state index in [2.05, 4.69) is 35.7 Å². The Kier molecular flexibility index (Phi) is 6.21. The molecule has 0 radical (unpaired) electrons. The maximum absolute atomic E-state index is 12.1. The normalized spacial score (nSPS) is 10.3. The Bertz CT molecular complexity index is 707. The molecule has 4 nitrogen and oxygen atoms in total. The molecule has 0 spiro atoms. The number of likely N-dealkylation sites (N-methyl/N-ethyl adjacent to an activating group) is 1. The average Bonchev–Trinajstić information content (AvgIpc) is 2.55. The van der Waals surface area contributed by atoms with Gasteiger partial charge in [-0.2, -0.15) is 5.26 Å². The summed E-state index contributed by atoms with van der Waals surface area (Å²) in [4.78, 5) is 15.3. The highest BCUT2D eigenvalue weighted by Gasteiger charge is 2.08. The SMILES string of the molecule is CSc1ccc(CN(C)CC(=O)Nc2cccc(C#N)c2)cc1. The molecule has 2 aromatic rings. The molecule has 2 aromatic carbocycles. The quantitative estimate of drug-likeness (QED) is 0.828. The summed E-state index contributed by atoms with van der Waals surface area (Å²) < 4.78 is 0. The molecule has 0 atom stereocenters. The number of anilines is 1. The second-order valence-corrected chi connectivity index (χ2v) is 6.14. The van der Waals surface area contributed by atoms with Crippen molar-refractivity contribution in [1.29, 1.82) is 5.26 Å². The lowest BCUT2D eigenvalue weighted by Gasteiger charge is -2.16. The average molecular weight is 325 g/mol. The zero-order valence-electron chi connectivity index (χ0n) is 13.2. The number of carbonyl (C=O) groups excluding carboxylic acids is 1. The van der Waals surface area contributed by atoms with Crippen molar-refractivity contribution in [2.75, 3.05) is 25.2 Å². The first-order valence-electron chi connectivity index (χ1n) is 7.22. The molecule has 0 heterocycles. The molecule has 1 N–H and O–H groups in total. The van der Waals surface area contributed by atoms with Gasteiger partial charge < -0.3 is 5.32 Å². The Labute approximate surface area is 141 Å². The van der Waals surface area contributed by atoms with Crippen LogP contribution in [-0.4, -0.2) is 30.7 Å². The Morgan fingerprint density at radius 1 is 1.26 bits per heavy atom. The van der Waals surface area contributed by atoms with E-state index in [1.54, 1.807) is 36.0 Å². The Morgan fingerprint density at radius 3 is 2.65 bits per heavy atom. The van der Waals surface area contributed by atoms with E-state index in [4.69, 9.17) is 5.26 Å². The van der Waals surface area contributed by atoms with Crippen molar-refractivity contribution in [2.45, 2.75) is 11.4 Å². The van der Waals surface area contributed by atoms with E-state index in [0.29, 0.717) is 24.3 Å². The molecule has 5 heteroatoms. The number of nitrogens with one attached hydrogen (secondary N) is 1. The first kappa shape index (κ1) is 17.1. The molecule has 1 amide bonds. The summed E-state index contributed by atoms with van der Waals surface area (Å²) in [7, 11) is 1.91. The van der Waals surface area contributed by atoms with E-state index in [1.807, 2.05) is 18.2 Å². The Hall–Kier alpha value is -2.29. The third-order valence-electron chi connectivity index (χ3n) is 3.30. The van der Waals surface area contributed by atoms with Gasteiger partial charge in [-0.05, 0) is 49.2 Å². The standard InChI is InChI=1S/C18H19N3OS/c1-21(12-14-6-8-17(23-2)9-7-14)13-18(22)20-16-5-3-4-15(10-16)11-19/h3-10H,12-13H2,1-2H3,(H,20,22). The molecular formula is C18H19N3OS. The lowest BCUT2D eigenvalue weighted by atomic mass is 10.2. The van der Waals surface area contributed by atoms with Gasteiger partial charge in [0.05, 0.1) is 18.2 Å². The second-order valence-electron chi connectivity index (χ2n) is 5.26. The van der Waals surface area contributed by atoms with Crippen LogP contribution in [0, 0.1) is 11.3 Å². The predicted molar refractivity (Wildman–Crippen MR) is 94.3 cm³/mol. The van der Waals surface area contributed by atoms with Gasteiger partial charge in [0.15, 0.2) is 0 Å². The molecule has 2 rings (SSSR count). The molecule has 0 saturated heterocycles. The molecule has 0 unspecified atom stereocenters. The van der Waals surface area contributed by atoms with Gasteiger partial charge in [0.2, 0.25) is 5.91 Å². The van der Waals surface area contributed by atoms with Gasteiger partial charge in [0.25, 0.3) is 0 Å². The van der Waals surface area contributed by atoms with Gasteiger partial charge in [0, 0.05) is 17.1 Å². The van der Waals surface area contributed by atoms with Crippen LogP contribution in [-0.2, 0) is 11.3 Å². The summed E-state index contributed by atoms with van der Waals surface area (Å²) >= 11 is 1.71. The molecule has 0 aliphatic carbocycles. The highest BCUT2D eigenvalue weighted by atomic mass is 32.2. The van der Waals surface area contributed by atoms with Gasteiger partial charge in [-0.15, -0.1) is 11.8 Å². The number of nitrogens with zero attached hydrogens (tertiary/aromatic N) is 2. The highest BCUT2D eigenvalue weighted by Crippen LogP contribution is 2.15. The summed E-state index contributed by atoms with van der Waals surface area (Å²) in [6.07, 6.45) is 2.05.